The molecule has 0 spiro atoms. The normalized spacial score (nSPS) is 10.7. The van der Waals surface area contributed by atoms with Crippen molar-refractivity contribution in [1.82, 2.24) is 5.32 Å². The number of anilines is 1. The summed E-state index contributed by atoms with van der Waals surface area (Å²) in [6, 6.07) is 5.20. The lowest BCUT2D eigenvalue weighted by atomic mass is 10.1. The lowest BCUT2D eigenvalue weighted by molar-refractivity contribution is 0.199. The van der Waals surface area contributed by atoms with Crippen molar-refractivity contribution in [3.63, 3.8) is 0 Å². The number of likely N-dealkylation sites (N-methyl/N-ethyl adjacent to an activating group) is 1. The number of halogens is 1. The van der Waals surface area contributed by atoms with E-state index in [1.807, 2.05) is 17.9 Å². The summed E-state index contributed by atoms with van der Waals surface area (Å²) in [5.41, 5.74) is 1.44. The number of hydrogen-bond donors (Lipinski definition) is 2. The van der Waals surface area contributed by atoms with Gasteiger partial charge in [0, 0.05) is 33.3 Å². The zero-order valence-electron chi connectivity index (χ0n) is 11.7. The zero-order valence-corrected chi connectivity index (χ0v) is 11.7. The Morgan fingerprint density at radius 2 is 2.21 bits per heavy atom. The molecule has 0 bridgehead atoms. The highest BCUT2D eigenvalue weighted by Crippen LogP contribution is 2.20. The second kappa shape index (κ2) is 8.85. The smallest absolute Gasteiger partial charge is 0.146 e. The molecule has 5 heteroatoms. The van der Waals surface area contributed by atoms with E-state index in [-0.39, 0.29) is 12.4 Å². The Labute approximate surface area is 114 Å². The molecular formula is C14H23FN2O2. The fourth-order valence-electron chi connectivity index (χ4n) is 1.89. The van der Waals surface area contributed by atoms with Crippen molar-refractivity contribution in [2.75, 3.05) is 44.9 Å². The Balaban J connectivity index is 2.62. The van der Waals surface area contributed by atoms with Gasteiger partial charge in [-0.2, -0.15) is 0 Å². The Bertz CT molecular complexity index is 374. The molecule has 1 aromatic rings. The second-order valence-electron chi connectivity index (χ2n) is 4.26. The van der Waals surface area contributed by atoms with Gasteiger partial charge in [-0.25, -0.2) is 4.39 Å². The quantitative estimate of drug-likeness (QED) is 0.665. The fraction of sp³-hybridized carbons (Fsp3) is 0.571. The maximum atomic E-state index is 14.0. The average Bonchev–Trinajstić information content (AvgIpc) is 2.42. The van der Waals surface area contributed by atoms with Crippen LogP contribution in [-0.2, 0) is 11.3 Å². The van der Waals surface area contributed by atoms with E-state index >= 15 is 0 Å². The van der Waals surface area contributed by atoms with Gasteiger partial charge in [-0.1, -0.05) is 6.07 Å². The molecule has 1 rings (SSSR count). The monoisotopic (exact) mass is 270 g/mol. The summed E-state index contributed by atoms with van der Waals surface area (Å²) in [4.78, 5) is 1.82. The van der Waals surface area contributed by atoms with Crippen LogP contribution in [-0.4, -0.2) is 45.1 Å². The minimum atomic E-state index is -0.249. The van der Waals surface area contributed by atoms with E-state index in [2.05, 4.69) is 5.32 Å². The topological polar surface area (TPSA) is 44.7 Å². The zero-order chi connectivity index (χ0) is 14.1. The molecule has 0 aliphatic carbocycles. The van der Waals surface area contributed by atoms with Crippen LogP contribution in [0.4, 0.5) is 10.1 Å². The SMILES string of the molecule is CCN(CCO)c1ccc(CNCCOC)cc1F. The molecule has 0 heterocycles. The third-order valence-electron chi connectivity index (χ3n) is 2.92. The number of nitrogens with one attached hydrogen (secondary N) is 1. The van der Waals surface area contributed by atoms with Crippen molar-refractivity contribution < 1.29 is 14.2 Å². The summed E-state index contributed by atoms with van der Waals surface area (Å²) >= 11 is 0. The van der Waals surface area contributed by atoms with Crippen LogP contribution in [0.2, 0.25) is 0 Å². The van der Waals surface area contributed by atoms with Gasteiger partial charge in [0.05, 0.1) is 18.9 Å². The number of rotatable bonds is 9. The van der Waals surface area contributed by atoms with Gasteiger partial charge in [-0.15, -0.1) is 0 Å². The van der Waals surface area contributed by atoms with Crippen molar-refractivity contribution in [1.29, 1.82) is 0 Å². The van der Waals surface area contributed by atoms with Crippen LogP contribution in [0, 0.1) is 5.82 Å². The molecular weight excluding hydrogens is 247 g/mol. The van der Waals surface area contributed by atoms with E-state index < -0.39 is 0 Å². The number of hydrogen-bond acceptors (Lipinski definition) is 4. The summed E-state index contributed by atoms with van der Waals surface area (Å²) in [6.45, 7) is 5.07. The Morgan fingerprint density at radius 3 is 2.79 bits per heavy atom. The highest BCUT2D eigenvalue weighted by Gasteiger charge is 2.09. The summed E-state index contributed by atoms with van der Waals surface area (Å²) in [7, 11) is 1.65. The minimum Gasteiger partial charge on any atom is -0.395 e. The van der Waals surface area contributed by atoms with E-state index in [1.165, 1.54) is 6.07 Å². The van der Waals surface area contributed by atoms with Gasteiger partial charge in [0.25, 0.3) is 0 Å². The molecule has 2 N–H and O–H groups in total. The molecule has 0 fully saturated rings. The number of ether oxygens (including phenoxy) is 1. The number of aliphatic hydroxyl groups is 1. The maximum Gasteiger partial charge on any atom is 0.146 e. The third kappa shape index (κ3) is 5.14. The number of methoxy groups -OCH3 is 1. The van der Waals surface area contributed by atoms with E-state index in [1.54, 1.807) is 13.2 Å². The Hall–Kier alpha value is -1.17. The van der Waals surface area contributed by atoms with Gasteiger partial charge in [0.1, 0.15) is 5.82 Å². The molecule has 0 atom stereocenters. The Morgan fingerprint density at radius 1 is 1.42 bits per heavy atom. The summed E-state index contributed by atoms with van der Waals surface area (Å²) in [5, 5.41) is 12.1. The summed E-state index contributed by atoms with van der Waals surface area (Å²) in [5.74, 6) is -0.249. The maximum absolute atomic E-state index is 14.0. The van der Waals surface area contributed by atoms with Gasteiger partial charge < -0.3 is 20.1 Å². The molecule has 4 nitrogen and oxygen atoms in total. The van der Waals surface area contributed by atoms with Gasteiger partial charge in [-0.3, -0.25) is 0 Å². The predicted molar refractivity (Wildman–Crippen MR) is 75.0 cm³/mol. The molecule has 0 unspecified atom stereocenters. The molecule has 1 aromatic carbocycles. The lowest BCUT2D eigenvalue weighted by Crippen LogP contribution is -2.27. The molecule has 19 heavy (non-hydrogen) atoms. The molecule has 0 amide bonds. The van der Waals surface area contributed by atoms with Gasteiger partial charge in [0.2, 0.25) is 0 Å². The van der Waals surface area contributed by atoms with Crippen molar-refractivity contribution in [2.24, 2.45) is 0 Å². The highest BCUT2D eigenvalue weighted by molar-refractivity contribution is 5.49. The van der Waals surface area contributed by atoms with E-state index in [4.69, 9.17) is 9.84 Å². The molecule has 0 aliphatic heterocycles. The van der Waals surface area contributed by atoms with Crippen LogP contribution in [0.25, 0.3) is 0 Å². The first-order chi connectivity index (χ1) is 9.22. The van der Waals surface area contributed by atoms with Crippen molar-refractivity contribution >= 4 is 5.69 Å². The Kier molecular flexibility index (Phi) is 7.40. The largest absolute Gasteiger partial charge is 0.395 e. The number of benzene rings is 1. The van der Waals surface area contributed by atoms with Gasteiger partial charge >= 0.3 is 0 Å². The molecule has 0 saturated carbocycles. The van der Waals surface area contributed by atoms with Crippen LogP contribution in [0.1, 0.15) is 12.5 Å². The van der Waals surface area contributed by atoms with Crippen LogP contribution >= 0.6 is 0 Å². The van der Waals surface area contributed by atoms with Crippen molar-refractivity contribution in [3.05, 3.63) is 29.6 Å². The first-order valence-electron chi connectivity index (χ1n) is 6.56. The van der Waals surface area contributed by atoms with E-state index in [9.17, 15) is 4.39 Å². The van der Waals surface area contributed by atoms with Crippen LogP contribution in [0.15, 0.2) is 18.2 Å². The number of nitrogens with zero attached hydrogens (tertiary/aromatic N) is 1. The molecule has 0 aliphatic rings. The summed E-state index contributed by atoms with van der Waals surface area (Å²) < 4.78 is 18.9. The molecule has 0 saturated heterocycles. The standard InChI is InChI=1S/C14H23FN2O2/c1-3-17(7-8-18)14-5-4-12(10-13(14)15)11-16-6-9-19-2/h4-5,10,16,18H,3,6-9,11H2,1-2H3. The van der Waals surface area contributed by atoms with Crippen LogP contribution in [0.3, 0.4) is 0 Å². The van der Waals surface area contributed by atoms with E-state index in [0.29, 0.717) is 31.9 Å². The highest BCUT2D eigenvalue weighted by atomic mass is 19.1. The minimum absolute atomic E-state index is 0.0214. The second-order valence-corrected chi connectivity index (χ2v) is 4.26. The van der Waals surface area contributed by atoms with Crippen molar-refractivity contribution in [3.8, 4) is 0 Å². The van der Waals surface area contributed by atoms with Crippen LogP contribution < -0.4 is 10.2 Å². The fourth-order valence-corrected chi connectivity index (χ4v) is 1.89. The van der Waals surface area contributed by atoms with Crippen molar-refractivity contribution in [2.45, 2.75) is 13.5 Å². The summed E-state index contributed by atoms with van der Waals surface area (Å²) in [6.07, 6.45) is 0. The predicted octanol–water partition coefficient (Wildman–Crippen LogP) is 1.38. The molecule has 108 valence electrons. The third-order valence-corrected chi connectivity index (χ3v) is 2.92. The number of aliphatic hydroxyl groups excluding tert-OH is 1. The average molecular weight is 270 g/mol. The molecule has 0 aromatic heterocycles. The first-order valence-corrected chi connectivity index (χ1v) is 6.56. The van der Waals surface area contributed by atoms with Gasteiger partial charge in [0.15, 0.2) is 0 Å². The van der Waals surface area contributed by atoms with Gasteiger partial charge in [-0.05, 0) is 24.6 Å². The first kappa shape index (κ1) is 15.9. The van der Waals surface area contributed by atoms with E-state index in [0.717, 1.165) is 12.1 Å². The lowest BCUT2D eigenvalue weighted by Gasteiger charge is -2.22. The van der Waals surface area contributed by atoms with Crippen LogP contribution in [0.5, 0.6) is 0 Å². The molecule has 0 radical (unpaired) electrons.